The Kier molecular flexibility index (Phi) is 2.18. The molecular weight excluding hydrogens is 214 g/mol. The number of hydrogen-bond acceptors (Lipinski definition) is 2. The summed E-state index contributed by atoms with van der Waals surface area (Å²) in [6, 6.07) is 5.56. The highest BCUT2D eigenvalue weighted by Gasteiger charge is 2.47. The number of rotatable bonds is 2. The Labute approximate surface area is 101 Å². The first kappa shape index (κ1) is 10.6. The van der Waals surface area contributed by atoms with Crippen LogP contribution in [0.25, 0.3) is 0 Å². The third-order valence-corrected chi connectivity index (χ3v) is 4.34. The molecule has 90 valence electrons. The summed E-state index contributed by atoms with van der Waals surface area (Å²) in [5.74, 6) is -0.830. The number of carboxylic acids is 1. The number of nitrogens with zero attached hydrogens (tertiary/aromatic N) is 1. The first-order valence-electron chi connectivity index (χ1n) is 6.19. The van der Waals surface area contributed by atoms with Gasteiger partial charge >= 0.3 is 5.97 Å². The maximum absolute atomic E-state index is 11.1. The molecule has 0 unspecified atom stereocenters. The summed E-state index contributed by atoms with van der Waals surface area (Å²) in [6.45, 7) is 4.12. The third kappa shape index (κ3) is 1.53. The number of hydrogen-bond donors (Lipinski definition) is 1. The molecule has 2 fully saturated rings. The van der Waals surface area contributed by atoms with Crippen LogP contribution in [-0.2, 0) is 0 Å². The number of benzene rings is 1. The molecule has 0 atom stereocenters. The van der Waals surface area contributed by atoms with Gasteiger partial charge in [0.1, 0.15) is 0 Å². The Hall–Kier alpha value is -1.51. The van der Waals surface area contributed by atoms with Crippen LogP contribution in [0.1, 0.15) is 35.2 Å². The molecule has 2 aliphatic rings. The van der Waals surface area contributed by atoms with Crippen LogP contribution in [0, 0.1) is 12.3 Å². The zero-order chi connectivity index (χ0) is 12.0. The fourth-order valence-electron chi connectivity index (χ4n) is 3.12. The summed E-state index contributed by atoms with van der Waals surface area (Å²) in [6.07, 6.45) is 4.06. The quantitative estimate of drug-likeness (QED) is 0.850. The lowest BCUT2D eigenvalue weighted by molar-refractivity contribution is 0.0696. The molecule has 1 saturated heterocycles. The van der Waals surface area contributed by atoms with Crippen LogP contribution in [0.5, 0.6) is 0 Å². The van der Waals surface area contributed by atoms with E-state index in [9.17, 15) is 4.79 Å². The number of carbonyl (C=O) groups is 1. The average Bonchev–Trinajstić information content (AvgIpc) is 2.15. The SMILES string of the molecule is Cc1c(C(=O)O)cccc1N1CC2(CCC2)C1. The molecule has 1 heterocycles. The van der Waals surface area contributed by atoms with E-state index in [1.165, 1.54) is 19.3 Å². The van der Waals surface area contributed by atoms with Gasteiger partial charge in [0.05, 0.1) is 5.56 Å². The van der Waals surface area contributed by atoms with Crippen molar-refractivity contribution in [1.82, 2.24) is 0 Å². The molecule has 3 heteroatoms. The van der Waals surface area contributed by atoms with Crippen molar-refractivity contribution in [3.05, 3.63) is 29.3 Å². The molecular formula is C14H17NO2. The smallest absolute Gasteiger partial charge is 0.336 e. The second-order valence-electron chi connectivity index (χ2n) is 5.46. The van der Waals surface area contributed by atoms with E-state index < -0.39 is 5.97 Å². The summed E-state index contributed by atoms with van der Waals surface area (Å²) < 4.78 is 0. The summed E-state index contributed by atoms with van der Waals surface area (Å²) in [7, 11) is 0. The topological polar surface area (TPSA) is 40.5 Å². The summed E-state index contributed by atoms with van der Waals surface area (Å²) >= 11 is 0. The second-order valence-corrected chi connectivity index (χ2v) is 5.46. The van der Waals surface area contributed by atoms with Gasteiger partial charge < -0.3 is 10.0 Å². The lowest BCUT2D eigenvalue weighted by atomic mass is 9.63. The van der Waals surface area contributed by atoms with E-state index in [0.717, 1.165) is 24.3 Å². The maximum Gasteiger partial charge on any atom is 0.336 e. The van der Waals surface area contributed by atoms with Gasteiger partial charge in [-0.15, -0.1) is 0 Å². The van der Waals surface area contributed by atoms with Crippen molar-refractivity contribution in [1.29, 1.82) is 0 Å². The molecule has 0 radical (unpaired) electrons. The Bertz CT molecular complexity index is 469. The lowest BCUT2D eigenvalue weighted by Gasteiger charge is -2.57. The van der Waals surface area contributed by atoms with E-state index in [1.807, 2.05) is 19.1 Å². The molecule has 0 amide bonds. The normalized spacial score (nSPS) is 20.9. The van der Waals surface area contributed by atoms with Crippen molar-refractivity contribution >= 4 is 11.7 Å². The average molecular weight is 231 g/mol. The van der Waals surface area contributed by atoms with Crippen molar-refractivity contribution in [2.75, 3.05) is 18.0 Å². The molecule has 1 aromatic carbocycles. The van der Waals surface area contributed by atoms with Gasteiger partial charge in [-0.05, 0) is 37.5 Å². The molecule has 3 rings (SSSR count). The van der Waals surface area contributed by atoms with Crippen LogP contribution in [0.2, 0.25) is 0 Å². The molecule has 17 heavy (non-hydrogen) atoms. The molecule has 1 aromatic rings. The van der Waals surface area contributed by atoms with Crippen LogP contribution in [0.4, 0.5) is 5.69 Å². The van der Waals surface area contributed by atoms with Gasteiger partial charge in [0, 0.05) is 24.2 Å². The van der Waals surface area contributed by atoms with Gasteiger partial charge in [0.15, 0.2) is 0 Å². The number of carboxylic acid groups (broad SMARTS) is 1. The highest BCUT2D eigenvalue weighted by atomic mass is 16.4. The van der Waals surface area contributed by atoms with E-state index >= 15 is 0 Å². The Morgan fingerprint density at radius 3 is 2.59 bits per heavy atom. The summed E-state index contributed by atoms with van der Waals surface area (Å²) in [5, 5.41) is 9.10. The predicted octanol–water partition coefficient (Wildman–Crippen LogP) is 2.68. The van der Waals surface area contributed by atoms with Crippen molar-refractivity contribution in [3.63, 3.8) is 0 Å². The number of anilines is 1. The first-order valence-corrected chi connectivity index (χ1v) is 6.19. The van der Waals surface area contributed by atoms with Gasteiger partial charge in [-0.1, -0.05) is 12.5 Å². The highest BCUT2D eigenvalue weighted by Crippen LogP contribution is 2.49. The van der Waals surface area contributed by atoms with Crippen molar-refractivity contribution in [2.45, 2.75) is 26.2 Å². The van der Waals surface area contributed by atoms with E-state index in [1.54, 1.807) is 6.07 Å². The molecule has 3 nitrogen and oxygen atoms in total. The van der Waals surface area contributed by atoms with Gasteiger partial charge in [0.25, 0.3) is 0 Å². The zero-order valence-corrected chi connectivity index (χ0v) is 10.1. The van der Waals surface area contributed by atoms with Crippen LogP contribution < -0.4 is 4.90 Å². The highest BCUT2D eigenvalue weighted by molar-refractivity contribution is 5.91. The fraction of sp³-hybridized carbons (Fsp3) is 0.500. The van der Waals surface area contributed by atoms with Crippen molar-refractivity contribution in [2.24, 2.45) is 5.41 Å². The van der Waals surface area contributed by atoms with Crippen LogP contribution in [0.15, 0.2) is 18.2 Å². The predicted molar refractivity (Wildman–Crippen MR) is 66.6 cm³/mol. The van der Waals surface area contributed by atoms with Gasteiger partial charge in [-0.25, -0.2) is 4.79 Å². The molecule has 1 aliphatic heterocycles. The van der Waals surface area contributed by atoms with Crippen LogP contribution >= 0.6 is 0 Å². The second kappa shape index (κ2) is 3.49. The Morgan fingerprint density at radius 2 is 2.06 bits per heavy atom. The minimum Gasteiger partial charge on any atom is -0.478 e. The molecule has 1 saturated carbocycles. The fourth-order valence-corrected chi connectivity index (χ4v) is 3.12. The van der Waals surface area contributed by atoms with Crippen molar-refractivity contribution < 1.29 is 9.90 Å². The van der Waals surface area contributed by atoms with Gasteiger partial charge in [-0.3, -0.25) is 0 Å². The lowest BCUT2D eigenvalue weighted by Crippen LogP contribution is -2.60. The van der Waals surface area contributed by atoms with Gasteiger partial charge in [0.2, 0.25) is 0 Å². The summed E-state index contributed by atoms with van der Waals surface area (Å²) in [4.78, 5) is 13.4. The zero-order valence-electron chi connectivity index (χ0n) is 10.1. The van der Waals surface area contributed by atoms with Crippen molar-refractivity contribution in [3.8, 4) is 0 Å². The van der Waals surface area contributed by atoms with E-state index in [0.29, 0.717) is 11.0 Å². The van der Waals surface area contributed by atoms with E-state index in [-0.39, 0.29) is 0 Å². The minimum absolute atomic E-state index is 0.428. The molecule has 0 bridgehead atoms. The first-order chi connectivity index (χ1) is 8.11. The van der Waals surface area contributed by atoms with E-state index in [2.05, 4.69) is 4.90 Å². The minimum atomic E-state index is -0.830. The molecule has 1 spiro atoms. The summed E-state index contributed by atoms with van der Waals surface area (Å²) in [5.41, 5.74) is 3.00. The molecule has 1 aliphatic carbocycles. The Morgan fingerprint density at radius 1 is 1.35 bits per heavy atom. The maximum atomic E-state index is 11.1. The van der Waals surface area contributed by atoms with E-state index in [4.69, 9.17) is 5.11 Å². The van der Waals surface area contributed by atoms with Crippen LogP contribution in [0.3, 0.4) is 0 Å². The number of aromatic carboxylic acids is 1. The standard InChI is InChI=1S/C14H17NO2/c1-10-11(13(16)17)4-2-5-12(10)15-8-14(9-15)6-3-7-14/h2,4-5H,3,6-9H2,1H3,(H,16,17). The van der Waals surface area contributed by atoms with Gasteiger partial charge in [-0.2, -0.15) is 0 Å². The third-order valence-electron chi connectivity index (χ3n) is 4.34. The van der Waals surface area contributed by atoms with Crippen LogP contribution in [-0.4, -0.2) is 24.2 Å². The molecule has 1 N–H and O–H groups in total. The monoisotopic (exact) mass is 231 g/mol. The molecule has 0 aromatic heterocycles. The Balaban J connectivity index is 1.84. The largest absolute Gasteiger partial charge is 0.478 e.